The fourth-order valence-electron chi connectivity index (χ4n) is 2.99. The third-order valence-electron chi connectivity index (χ3n) is 4.42. The van der Waals surface area contributed by atoms with Crippen LogP contribution in [0, 0.1) is 0 Å². The first-order valence-corrected chi connectivity index (χ1v) is 9.82. The van der Waals surface area contributed by atoms with Gasteiger partial charge in [-0.2, -0.15) is 5.10 Å². The summed E-state index contributed by atoms with van der Waals surface area (Å²) in [6.45, 7) is 1.89. The van der Waals surface area contributed by atoms with Crippen LogP contribution in [0.2, 0.25) is 5.02 Å². The first-order chi connectivity index (χ1) is 14.0. The molecule has 1 atom stereocenters. The van der Waals surface area contributed by atoms with Crippen molar-refractivity contribution in [3.8, 4) is 11.3 Å². The number of thioether (sulfide) groups is 1. The highest BCUT2D eigenvalue weighted by Gasteiger charge is 2.41. The predicted molar refractivity (Wildman–Crippen MR) is 111 cm³/mol. The fraction of sp³-hybridized carbons (Fsp3) is 0.211. The van der Waals surface area contributed by atoms with Gasteiger partial charge in [0.15, 0.2) is 17.1 Å². The van der Waals surface area contributed by atoms with E-state index in [0.717, 1.165) is 16.2 Å². The zero-order valence-electron chi connectivity index (χ0n) is 15.8. The number of ether oxygens (including phenoxy) is 2. The van der Waals surface area contributed by atoms with E-state index in [1.807, 2.05) is 35.0 Å². The Bertz CT molecular complexity index is 1030. The molecule has 0 fully saturated rings. The summed E-state index contributed by atoms with van der Waals surface area (Å²) in [5.74, 6) is 0.742. The van der Waals surface area contributed by atoms with E-state index >= 15 is 0 Å². The van der Waals surface area contributed by atoms with E-state index in [2.05, 4.69) is 10.3 Å². The maximum Gasteiger partial charge on any atom is 0.342 e. The summed E-state index contributed by atoms with van der Waals surface area (Å²) in [5.41, 5.74) is 1.78. The minimum Gasteiger partial charge on any atom is -0.503 e. The standard InChI is InChI=1S/C19H17ClN4O4S/c1-11-17(14(9-26-2)18(25)27-3)29-19-23(10-21-24(11)19)16-8-15(28-22-16)12-4-6-13(20)7-5-12/h4-10,19H,1-3H3. The SMILES string of the molecule is COC=C(C(=O)OC)C1=C(C)N2N=CN(c3cc(-c4ccc(Cl)cc4)on3)C2S1. The molecule has 0 saturated heterocycles. The zero-order chi connectivity index (χ0) is 20.5. The number of halogens is 1. The lowest BCUT2D eigenvalue weighted by molar-refractivity contribution is -0.135. The van der Waals surface area contributed by atoms with Crippen LogP contribution in [0.1, 0.15) is 6.92 Å². The molecule has 1 unspecified atom stereocenters. The van der Waals surface area contributed by atoms with Gasteiger partial charge in [-0.15, -0.1) is 0 Å². The lowest BCUT2D eigenvalue weighted by atomic mass is 10.2. The average molecular weight is 433 g/mol. The Balaban J connectivity index is 1.58. The molecule has 2 aliphatic rings. The molecule has 0 spiro atoms. The fourth-order valence-corrected chi connectivity index (χ4v) is 4.44. The van der Waals surface area contributed by atoms with Crippen molar-refractivity contribution in [2.75, 3.05) is 19.1 Å². The molecule has 0 N–H and O–H groups in total. The van der Waals surface area contributed by atoms with Crippen molar-refractivity contribution < 1.29 is 18.8 Å². The van der Waals surface area contributed by atoms with Crippen molar-refractivity contribution in [2.45, 2.75) is 12.4 Å². The Hall–Kier alpha value is -2.91. The number of allylic oxidation sites excluding steroid dienone is 1. The maximum absolute atomic E-state index is 12.2. The van der Waals surface area contributed by atoms with Gasteiger partial charge in [-0.05, 0) is 31.2 Å². The Labute approximate surface area is 176 Å². The first-order valence-electron chi connectivity index (χ1n) is 8.57. The number of carbonyl (C=O) groups excluding carboxylic acids is 1. The van der Waals surface area contributed by atoms with Crippen LogP contribution < -0.4 is 4.90 Å². The van der Waals surface area contributed by atoms with Gasteiger partial charge in [0.25, 0.3) is 0 Å². The molecular formula is C19H17ClN4O4S. The highest BCUT2D eigenvalue weighted by atomic mass is 35.5. The first kappa shape index (κ1) is 19.4. The number of hydrogen-bond acceptors (Lipinski definition) is 9. The smallest absolute Gasteiger partial charge is 0.342 e. The molecule has 8 nitrogen and oxygen atoms in total. The number of aromatic nitrogens is 1. The van der Waals surface area contributed by atoms with Crippen molar-refractivity contribution >= 4 is 41.5 Å². The van der Waals surface area contributed by atoms with E-state index in [1.165, 1.54) is 32.2 Å². The van der Waals surface area contributed by atoms with Gasteiger partial charge in [0.05, 0.1) is 26.2 Å². The van der Waals surface area contributed by atoms with Crippen LogP contribution in [-0.2, 0) is 14.3 Å². The molecule has 0 aliphatic carbocycles. The predicted octanol–water partition coefficient (Wildman–Crippen LogP) is 4.03. The van der Waals surface area contributed by atoms with Crippen LogP contribution >= 0.6 is 23.4 Å². The quantitative estimate of drug-likeness (QED) is 0.398. The molecule has 4 rings (SSSR count). The molecule has 1 aromatic heterocycles. The van der Waals surface area contributed by atoms with Crippen LogP contribution in [-0.4, -0.2) is 42.2 Å². The Kier molecular flexibility index (Phi) is 5.25. The highest BCUT2D eigenvalue weighted by Crippen LogP contribution is 2.46. The molecule has 0 radical (unpaired) electrons. The maximum atomic E-state index is 12.2. The van der Waals surface area contributed by atoms with Crippen molar-refractivity contribution in [3.05, 3.63) is 57.8 Å². The normalized spacial score (nSPS) is 18.5. The second-order valence-electron chi connectivity index (χ2n) is 6.16. The van der Waals surface area contributed by atoms with Gasteiger partial charge in [-0.1, -0.05) is 28.5 Å². The second-order valence-corrected chi connectivity index (χ2v) is 7.66. The van der Waals surface area contributed by atoms with Crippen LogP contribution in [0.4, 0.5) is 5.82 Å². The number of anilines is 1. The largest absolute Gasteiger partial charge is 0.503 e. The van der Waals surface area contributed by atoms with E-state index in [-0.39, 0.29) is 5.50 Å². The van der Waals surface area contributed by atoms with Gasteiger partial charge >= 0.3 is 5.97 Å². The summed E-state index contributed by atoms with van der Waals surface area (Å²) in [4.78, 5) is 14.8. The Morgan fingerprint density at radius 1 is 1.31 bits per heavy atom. The molecule has 150 valence electrons. The van der Waals surface area contributed by atoms with Crippen molar-refractivity contribution in [1.82, 2.24) is 10.2 Å². The van der Waals surface area contributed by atoms with Crippen LogP contribution in [0.25, 0.3) is 11.3 Å². The zero-order valence-corrected chi connectivity index (χ0v) is 17.4. The van der Waals surface area contributed by atoms with Gasteiger partial charge in [-0.3, -0.25) is 4.90 Å². The van der Waals surface area contributed by atoms with Crippen LogP contribution in [0.3, 0.4) is 0 Å². The molecule has 29 heavy (non-hydrogen) atoms. The third-order valence-corrected chi connectivity index (χ3v) is 6.06. The van der Waals surface area contributed by atoms with Gasteiger partial charge in [0.2, 0.25) is 0 Å². The lowest BCUT2D eigenvalue weighted by Crippen LogP contribution is -2.33. The van der Waals surface area contributed by atoms with Gasteiger partial charge in [0.1, 0.15) is 11.9 Å². The number of nitrogens with zero attached hydrogens (tertiary/aromatic N) is 4. The van der Waals surface area contributed by atoms with Gasteiger partial charge < -0.3 is 14.0 Å². The van der Waals surface area contributed by atoms with Crippen molar-refractivity contribution in [2.24, 2.45) is 5.10 Å². The monoisotopic (exact) mass is 432 g/mol. The van der Waals surface area contributed by atoms with Gasteiger partial charge in [-0.25, -0.2) is 9.80 Å². The molecule has 0 saturated carbocycles. The molecular weight excluding hydrogens is 416 g/mol. The van der Waals surface area contributed by atoms with E-state index in [9.17, 15) is 4.79 Å². The summed E-state index contributed by atoms with van der Waals surface area (Å²) in [6.07, 6.45) is 3.06. The second kappa shape index (κ2) is 7.84. The molecule has 2 aliphatic heterocycles. The average Bonchev–Trinajstić information content (AvgIpc) is 3.43. The number of esters is 1. The Morgan fingerprint density at radius 2 is 2.07 bits per heavy atom. The van der Waals surface area contributed by atoms with E-state index in [1.54, 1.807) is 18.5 Å². The third kappa shape index (κ3) is 3.47. The summed E-state index contributed by atoms with van der Waals surface area (Å²) < 4.78 is 15.4. The summed E-state index contributed by atoms with van der Waals surface area (Å²) in [6, 6.07) is 9.15. The van der Waals surface area contributed by atoms with Crippen molar-refractivity contribution in [3.63, 3.8) is 0 Å². The molecule has 0 amide bonds. The van der Waals surface area contributed by atoms with E-state index in [4.69, 9.17) is 25.6 Å². The van der Waals surface area contributed by atoms with E-state index < -0.39 is 5.97 Å². The molecule has 10 heteroatoms. The van der Waals surface area contributed by atoms with Crippen LogP contribution in [0.5, 0.6) is 0 Å². The molecule has 1 aromatic carbocycles. The number of rotatable bonds is 5. The number of carbonyl (C=O) groups is 1. The lowest BCUT2D eigenvalue weighted by Gasteiger charge is -2.21. The topological polar surface area (TPSA) is 80.4 Å². The molecule has 2 aromatic rings. The summed E-state index contributed by atoms with van der Waals surface area (Å²) in [7, 11) is 2.82. The molecule has 0 bridgehead atoms. The number of benzene rings is 1. The minimum atomic E-state index is -0.475. The van der Waals surface area contributed by atoms with Crippen LogP contribution in [0.15, 0.2) is 62.4 Å². The number of methoxy groups -OCH3 is 2. The highest BCUT2D eigenvalue weighted by molar-refractivity contribution is 8.04. The summed E-state index contributed by atoms with van der Waals surface area (Å²) in [5, 5.41) is 11.1. The number of fused-ring (bicyclic) bond motifs is 1. The molecule has 3 heterocycles. The number of hydrogen-bond donors (Lipinski definition) is 0. The van der Waals surface area contributed by atoms with Crippen molar-refractivity contribution in [1.29, 1.82) is 0 Å². The Morgan fingerprint density at radius 3 is 2.76 bits per heavy atom. The minimum absolute atomic E-state index is 0.238. The number of hydrazone groups is 1. The summed E-state index contributed by atoms with van der Waals surface area (Å²) >= 11 is 7.40. The van der Waals surface area contributed by atoms with E-state index in [0.29, 0.717) is 22.2 Å². The van der Waals surface area contributed by atoms with Gasteiger partial charge in [0, 0.05) is 21.6 Å².